The Balaban J connectivity index is 3.17. The molecule has 0 aromatic heterocycles. The van der Waals surface area contributed by atoms with Crippen LogP contribution >= 0.6 is 23.2 Å². The fourth-order valence-electron chi connectivity index (χ4n) is 1.63. The third kappa shape index (κ3) is 3.01. The lowest BCUT2D eigenvalue weighted by Gasteiger charge is -2.20. The van der Waals surface area contributed by atoms with Gasteiger partial charge in [0.05, 0.1) is 12.1 Å². The topological polar surface area (TPSA) is 33.3 Å². The number of methoxy groups -OCH3 is 1. The summed E-state index contributed by atoms with van der Waals surface area (Å²) < 4.78 is 5.30. The van der Waals surface area contributed by atoms with Gasteiger partial charge in [-0.15, -0.1) is 0 Å². The summed E-state index contributed by atoms with van der Waals surface area (Å²) in [6, 6.07) is 3.65. The van der Waals surface area contributed by atoms with Crippen molar-refractivity contribution in [1.82, 2.24) is 10.6 Å². The number of halogens is 2. The van der Waals surface area contributed by atoms with Gasteiger partial charge < -0.3 is 15.4 Å². The van der Waals surface area contributed by atoms with E-state index in [0.717, 1.165) is 12.1 Å². The highest BCUT2D eigenvalue weighted by Gasteiger charge is 2.17. The van der Waals surface area contributed by atoms with Crippen LogP contribution in [0, 0.1) is 0 Å². The Bertz CT molecular complexity index is 358. The number of nitrogens with one attached hydrogen (secondary N) is 2. The molecule has 0 aliphatic rings. The largest absolute Gasteiger partial charge is 0.495 e. The second kappa shape index (κ2) is 6.30. The summed E-state index contributed by atoms with van der Waals surface area (Å²) in [6.07, 6.45) is 0. The molecule has 0 aliphatic heterocycles. The molecule has 90 valence electrons. The van der Waals surface area contributed by atoms with Gasteiger partial charge in [0.15, 0.2) is 0 Å². The summed E-state index contributed by atoms with van der Waals surface area (Å²) in [5, 5.41) is 7.43. The first-order chi connectivity index (χ1) is 7.63. The number of benzene rings is 1. The van der Waals surface area contributed by atoms with Gasteiger partial charge in [0.2, 0.25) is 0 Å². The van der Waals surface area contributed by atoms with Crippen molar-refractivity contribution in [2.45, 2.75) is 6.04 Å². The normalized spacial score (nSPS) is 12.6. The third-order valence-corrected chi connectivity index (χ3v) is 2.87. The Labute approximate surface area is 106 Å². The molecule has 1 rings (SSSR count). The van der Waals surface area contributed by atoms with Crippen molar-refractivity contribution >= 4 is 23.2 Å². The maximum atomic E-state index is 6.08. The minimum atomic E-state index is 0.108. The molecule has 0 saturated carbocycles. The maximum absolute atomic E-state index is 6.08. The zero-order valence-electron chi connectivity index (χ0n) is 9.60. The molecule has 3 nitrogen and oxygen atoms in total. The summed E-state index contributed by atoms with van der Waals surface area (Å²) in [7, 11) is 5.38. The molecule has 1 unspecified atom stereocenters. The predicted molar refractivity (Wildman–Crippen MR) is 68.7 cm³/mol. The van der Waals surface area contributed by atoms with Crippen molar-refractivity contribution in [3.8, 4) is 5.75 Å². The van der Waals surface area contributed by atoms with E-state index in [1.807, 2.05) is 20.2 Å². The van der Waals surface area contributed by atoms with Crippen molar-refractivity contribution in [2.75, 3.05) is 27.7 Å². The van der Waals surface area contributed by atoms with Gasteiger partial charge in [-0.3, -0.25) is 0 Å². The molecular weight excluding hydrogens is 247 g/mol. The quantitative estimate of drug-likeness (QED) is 0.856. The van der Waals surface area contributed by atoms with E-state index in [4.69, 9.17) is 27.9 Å². The number of hydrogen-bond acceptors (Lipinski definition) is 3. The Hall–Kier alpha value is -0.480. The van der Waals surface area contributed by atoms with Gasteiger partial charge in [-0.25, -0.2) is 0 Å². The monoisotopic (exact) mass is 262 g/mol. The van der Waals surface area contributed by atoms with Crippen LogP contribution in [-0.4, -0.2) is 27.7 Å². The standard InChI is InChI=1S/C11H16Cl2N2O/c1-14-6-10(15-2)8-4-7(12)5-9(13)11(8)16-3/h4-5,10,14-15H,6H2,1-3H3. The second-order valence-electron chi connectivity index (χ2n) is 3.41. The van der Waals surface area contributed by atoms with Crippen LogP contribution in [-0.2, 0) is 0 Å². The van der Waals surface area contributed by atoms with Gasteiger partial charge in [-0.1, -0.05) is 23.2 Å². The Morgan fingerprint density at radius 2 is 2.00 bits per heavy atom. The average Bonchev–Trinajstić information content (AvgIpc) is 2.25. The first kappa shape index (κ1) is 13.6. The Morgan fingerprint density at radius 1 is 1.31 bits per heavy atom. The fraction of sp³-hybridized carbons (Fsp3) is 0.455. The van der Waals surface area contributed by atoms with Gasteiger partial charge in [0.1, 0.15) is 5.75 Å². The van der Waals surface area contributed by atoms with Crippen LogP contribution in [0.4, 0.5) is 0 Å². The molecule has 0 amide bonds. The van der Waals surface area contributed by atoms with Crippen LogP contribution in [0.25, 0.3) is 0 Å². The molecule has 1 atom stereocenters. The maximum Gasteiger partial charge on any atom is 0.142 e. The molecular formula is C11H16Cl2N2O. The first-order valence-electron chi connectivity index (χ1n) is 4.98. The summed E-state index contributed by atoms with van der Waals surface area (Å²) in [5.41, 5.74) is 0.955. The number of hydrogen-bond donors (Lipinski definition) is 2. The van der Waals surface area contributed by atoms with Crippen LogP contribution < -0.4 is 15.4 Å². The SMILES string of the molecule is CNCC(NC)c1cc(Cl)cc(Cl)c1OC. The molecule has 5 heteroatoms. The minimum absolute atomic E-state index is 0.108. The van der Waals surface area contributed by atoms with Crippen LogP contribution in [0.15, 0.2) is 12.1 Å². The van der Waals surface area contributed by atoms with E-state index in [0.29, 0.717) is 15.8 Å². The molecule has 1 aromatic carbocycles. The van der Waals surface area contributed by atoms with Gasteiger partial charge in [-0.2, -0.15) is 0 Å². The zero-order chi connectivity index (χ0) is 12.1. The number of rotatable bonds is 5. The lowest BCUT2D eigenvalue weighted by atomic mass is 10.1. The summed E-state index contributed by atoms with van der Waals surface area (Å²) >= 11 is 12.1. The highest BCUT2D eigenvalue weighted by atomic mass is 35.5. The van der Waals surface area contributed by atoms with E-state index in [1.54, 1.807) is 13.2 Å². The van der Waals surface area contributed by atoms with Gasteiger partial charge >= 0.3 is 0 Å². The smallest absolute Gasteiger partial charge is 0.142 e. The number of ether oxygens (including phenoxy) is 1. The molecule has 0 spiro atoms. The molecule has 16 heavy (non-hydrogen) atoms. The zero-order valence-corrected chi connectivity index (χ0v) is 11.1. The molecule has 0 fully saturated rings. The molecule has 2 N–H and O–H groups in total. The molecule has 0 bridgehead atoms. The lowest BCUT2D eigenvalue weighted by Crippen LogP contribution is -2.27. The van der Waals surface area contributed by atoms with E-state index in [1.165, 1.54) is 0 Å². The highest BCUT2D eigenvalue weighted by molar-refractivity contribution is 6.35. The van der Waals surface area contributed by atoms with Gasteiger partial charge in [0.25, 0.3) is 0 Å². The van der Waals surface area contributed by atoms with Crippen LogP contribution in [0.5, 0.6) is 5.75 Å². The van der Waals surface area contributed by atoms with Gasteiger partial charge in [0, 0.05) is 23.2 Å². The van der Waals surface area contributed by atoms with Crippen LogP contribution in [0.1, 0.15) is 11.6 Å². The van der Waals surface area contributed by atoms with E-state index in [2.05, 4.69) is 10.6 Å². The summed E-state index contributed by atoms with van der Waals surface area (Å²) in [4.78, 5) is 0. The molecule has 1 aromatic rings. The Kier molecular flexibility index (Phi) is 5.35. The van der Waals surface area contributed by atoms with Crippen molar-refractivity contribution in [2.24, 2.45) is 0 Å². The summed E-state index contributed by atoms with van der Waals surface area (Å²) in [6.45, 7) is 0.767. The first-order valence-corrected chi connectivity index (χ1v) is 5.74. The predicted octanol–water partition coefficient (Wildman–Crippen LogP) is 2.48. The second-order valence-corrected chi connectivity index (χ2v) is 4.25. The van der Waals surface area contributed by atoms with E-state index >= 15 is 0 Å². The van der Waals surface area contributed by atoms with Crippen LogP contribution in [0.3, 0.4) is 0 Å². The number of likely N-dealkylation sites (N-methyl/N-ethyl adjacent to an activating group) is 2. The molecule has 0 saturated heterocycles. The molecule has 0 radical (unpaired) electrons. The van der Waals surface area contributed by atoms with E-state index in [9.17, 15) is 0 Å². The van der Waals surface area contributed by atoms with Crippen LogP contribution in [0.2, 0.25) is 10.0 Å². The van der Waals surface area contributed by atoms with E-state index < -0.39 is 0 Å². The highest BCUT2D eigenvalue weighted by Crippen LogP contribution is 2.35. The fourth-order valence-corrected chi connectivity index (χ4v) is 2.21. The summed E-state index contributed by atoms with van der Waals surface area (Å²) in [5.74, 6) is 0.667. The molecule has 0 aliphatic carbocycles. The third-order valence-electron chi connectivity index (χ3n) is 2.37. The van der Waals surface area contributed by atoms with Crippen molar-refractivity contribution in [1.29, 1.82) is 0 Å². The Morgan fingerprint density at radius 3 is 2.50 bits per heavy atom. The lowest BCUT2D eigenvalue weighted by molar-refractivity contribution is 0.400. The van der Waals surface area contributed by atoms with Crippen molar-refractivity contribution < 1.29 is 4.74 Å². The molecule has 0 heterocycles. The van der Waals surface area contributed by atoms with Crippen molar-refractivity contribution in [3.05, 3.63) is 27.7 Å². The van der Waals surface area contributed by atoms with E-state index in [-0.39, 0.29) is 6.04 Å². The van der Waals surface area contributed by atoms with Gasteiger partial charge in [-0.05, 0) is 26.2 Å². The average molecular weight is 263 g/mol. The van der Waals surface area contributed by atoms with Crippen molar-refractivity contribution in [3.63, 3.8) is 0 Å². The minimum Gasteiger partial charge on any atom is -0.495 e.